The minimum Gasteiger partial charge on any atom is -0.396 e. The second-order valence-electron chi connectivity index (χ2n) is 9.83. The number of aliphatic hydroxyl groups is 1. The molecule has 3 aliphatic heterocycles. The third-order valence-electron chi connectivity index (χ3n) is 7.53. The summed E-state index contributed by atoms with van der Waals surface area (Å²) in [7, 11) is 0. The minimum atomic E-state index is -0.648. The molecule has 0 aromatic heterocycles. The van der Waals surface area contributed by atoms with Gasteiger partial charge < -0.3 is 20.6 Å². The summed E-state index contributed by atoms with van der Waals surface area (Å²) >= 11 is 7.67. The Balaban J connectivity index is 1.65. The second kappa shape index (κ2) is 10.1. The highest BCUT2D eigenvalue weighted by molar-refractivity contribution is 8.02. The number of thioether (sulfide) groups is 1. The Kier molecular flexibility index (Phi) is 7.50. The first-order chi connectivity index (χ1) is 16.3. The van der Waals surface area contributed by atoms with Gasteiger partial charge in [0.1, 0.15) is 6.04 Å². The zero-order chi connectivity index (χ0) is 24.5. The van der Waals surface area contributed by atoms with Crippen molar-refractivity contribution in [3.63, 3.8) is 0 Å². The SMILES string of the molecule is CCCNC(=O)[C@@H]1[C@H]2C(=O)N(CCCCCO)C(C(=O)Nc3ccc(Cl)cc3)C23CC[C@@]1(C)S3. The van der Waals surface area contributed by atoms with Gasteiger partial charge in [-0.15, -0.1) is 11.8 Å². The third-order valence-corrected chi connectivity index (χ3v) is 9.76. The number of likely N-dealkylation sites (tertiary alicyclic amines) is 1. The molecule has 0 aliphatic carbocycles. The molecule has 2 bridgehead atoms. The van der Waals surface area contributed by atoms with Crippen molar-refractivity contribution in [2.75, 3.05) is 25.0 Å². The van der Waals surface area contributed by atoms with Gasteiger partial charge in [0.05, 0.1) is 16.6 Å². The van der Waals surface area contributed by atoms with E-state index < -0.39 is 22.6 Å². The Labute approximate surface area is 210 Å². The van der Waals surface area contributed by atoms with Crippen molar-refractivity contribution < 1.29 is 19.5 Å². The van der Waals surface area contributed by atoms with E-state index in [4.69, 9.17) is 16.7 Å². The van der Waals surface area contributed by atoms with Gasteiger partial charge in [0.15, 0.2) is 0 Å². The van der Waals surface area contributed by atoms with Gasteiger partial charge in [-0.2, -0.15) is 0 Å². The van der Waals surface area contributed by atoms with Crippen molar-refractivity contribution in [3.8, 4) is 0 Å². The summed E-state index contributed by atoms with van der Waals surface area (Å²) in [6, 6.07) is 6.29. The quantitative estimate of drug-likeness (QED) is 0.421. The van der Waals surface area contributed by atoms with Gasteiger partial charge in [0.25, 0.3) is 0 Å². The topological polar surface area (TPSA) is 98.7 Å². The number of fused-ring (bicyclic) bond motifs is 1. The summed E-state index contributed by atoms with van der Waals surface area (Å²) in [6.45, 7) is 5.21. The average Bonchev–Trinajstić information content (AvgIpc) is 3.37. The van der Waals surface area contributed by atoms with Crippen molar-refractivity contribution in [3.05, 3.63) is 29.3 Å². The average molecular weight is 508 g/mol. The van der Waals surface area contributed by atoms with Gasteiger partial charge in [-0.05, 0) is 69.7 Å². The number of nitrogens with zero attached hydrogens (tertiary/aromatic N) is 1. The molecule has 0 saturated carbocycles. The van der Waals surface area contributed by atoms with Gasteiger partial charge in [0, 0.05) is 35.2 Å². The lowest BCUT2D eigenvalue weighted by Gasteiger charge is -2.34. The van der Waals surface area contributed by atoms with Crippen LogP contribution >= 0.6 is 23.4 Å². The number of carbonyl (C=O) groups is 3. The standard InChI is InChI=1S/C25H34ClN3O4S/c1-3-13-27-21(31)18-19-23(33)29(14-5-4-6-15-30)20(25(19)12-11-24(18,2)34-25)22(32)28-17-9-7-16(26)8-10-17/h7-10,18-20,30H,3-6,11-15H2,1-2H3,(H,27,31)(H,28,32)/t18-,19-,20?,24+,25?/m0/s1. The van der Waals surface area contributed by atoms with Crippen LogP contribution in [0, 0.1) is 11.8 Å². The van der Waals surface area contributed by atoms with Crippen molar-refractivity contribution >= 4 is 46.8 Å². The number of halogens is 1. The molecule has 3 amide bonds. The molecule has 0 radical (unpaired) electrons. The number of unbranched alkanes of at least 4 members (excludes halogenated alkanes) is 2. The van der Waals surface area contributed by atoms with Crippen molar-refractivity contribution in [1.29, 1.82) is 0 Å². The van der Waals surface area contributed by atoms with E-state index in [2.05, 4.69) is 17.6 Å². The van der Waals surface area contributed by atoms with Gasteiger partial charge >= 0.3 is 0 Å². The first-order valence-corrected chi connectivity index (χ1v) is 13.4. The maximum absolute atomic E-state index is 13.9. The zero-order valence-electron chi connectivity index (χ0n) is 19.8. The highest BCUT2D eigenvalue weighted by Crippen LogP contribution is 2.71. The molecule has 3 aliphatic rings. The molecule has 7 nitrogen and oxygen atoms in total. The Morgan fingerprint density at radius 2 is 1.91 bits per heavy atom. The summed E-state index contributed by atoms with van der Waals surface area (Å²) < 4.78 is -0.979. The Morgan fingerprint density at radius 3 is 2.59 bits per heavy atom. The van der Waals surface area contributed by atoms with Gasteiger partial charge in [-0.1, -0.05) is 18.5 Å². The van der Waals surface area contributed by atoms with Crippen molar-refractivity contribution in [2.24, 2.45) is 11.8 Å². The van der Waals surface area contributed by atoms with Crippen LogP contribution < -0.4 is 10.6 Å². The zero-order valence-corrected chi connectivity index (χ0v) is 21.4. The molecular weight excluding hydrogens is 474 g/mol. The van der Waals surface area contributed by atoms with Crippen LogP contribution in [0.4, 0.5) is 5.69 Å². The molecule has 3 N–H and O–H groups in total. The summed E-state index contributed by atoms with van der Waals surface area (Å²) in [6.07, 6.45) is 4.49. The maximum Gasteiger partial charge on any atom is 0.248 e. The number of nitrogens with one attached hydrogen (secondary N) is 2. The summed E-state index contributed by atoms with van der Waals surface area (Å²) in [5, 5.41) is 15.7. The van der Waals surface area contributed by atoms with E-state index >= 15 is 0 Å². The van der Waals surface area contributed by atoms with Crippen LogP contribution in [0.1, 0.15) is 52.4 Å². The molecular formula is C25H34ClN3O4S. The van der Waals surface area contributed by atoms with Crippen LogP contribution in [0.5, 0.6) is 0 Å². The van der Waals surface area contributed by atoms with Crippen LogP contribution in [0.25, 0.3) is 0 Å². The van der Waals surface area contributed by atoms with Crippen molar-refractivity contribution in [1.82, 2.24) is 10.2 Å². The van der Waals surface area contributed by atoms with Crippen LogP contribution in [-0.2, 0) is 14.4 Å². The first kappa shape index (κ1) is 25.3. The van der Waals surface area contributed by atoms with E-state index in [0.29, 0.717) is 36.6 Å². The highest BCUT2D eigenvalue weighted by Gasteiger charge is 2.76. The molecule has 34 heavy (non-hydrogen) atoms. The van der Waals surface area contributed by atoms with Crippen LogP contribution in [0.3, 0.4) is 0 Å². The number of rotatable bonds is 10. The molecule has 1 spiro atoms. The molecule has 186 valence electrons. The van der Waals surface area contributed by atoms with E-state index in [1.807, 2.05) is 6.92 Å². The number of aliphatic hydroxyl groups excluding tert-OH is 1. The number of hydrogen-bond donors (Lipinski definition) is 3. The molecule has 3 fully saturated rings. The fourth-order valence-electron chi connectivity index (χ4n) is 6.04. The number of anilines is 1. The van der Waals surface area contributed by atoms with Crippen LogP contribution in [0.15, 0.2) is 24.3 Å². The number of hydrogen-bond acceptors (Lipinski definition) is 5. The van der Waals surface area contributed by atoms with Crippen LogP contribution in [-0.4, -0.2) is 63.0 Å². The number of amides is 3. The maximum atomic E-state index is 13.9. The fourth-order valence-corrected chi connectivity index (χ4v) is 8.52. The van der Waals surface area contributed by atoms with Gasteiger partial charge in [-0.3, -0.25) is 14.4 Å². The molecule has 1 aromatic rings. The van der Waals surface area contributed by atoms with E-state index in [9.17, 15) is 14.4 Å². The molecule has 9 heteroatoms. The summed E-state index contributed by atoms with van der Waals surface area (Å²) in [4.78, 5) is 42.6. The first-order valence-electron chi connectivity index (χ1n) is 12.2. The molecule has 2 unspecified atom stereocenters. The molecule has 3 heterocycles. The number of benzene rings is 1. The Bertz CT molecular complexity index is 945. The summed E-state index contributed by atoms with van der Waals surface area (Å²) in [5.74, 6) is -1.33. The molecule has 1 aromatic carbocycles. The van der Waals surface area contributed by atoms with E-state index in [-0.39, 0.29) is 29.1 Å². The minimum absolute atomic E-state index is 0.0734. The van der Waals surface area contributed by atoms with Gasteiger partial charge in [0.2, 0.25) is 17.7 Å². The lowest BCUT2D eigenvalue weighted by Crippen LogP contribution is -2.52. The lowest BCUT2D eigenvalue weighted by molar-refractivity contribution is -0.140. The third kappa shape index (κ3) is 4.33. The lowest BCUT2D eigenvalue weighted by atomic mass is 9.66. The van der Waals surface area contributed by atoms with E-state index in [1.165, 1.54) is 0 Å². The smallest absolute Gasteiger partial charge is 0.248 e. The molecule has 3 saturated heterocycles. The van der Waals surface area contributed by atoms with Crippen LogP contribution in [0.2, 0.25) is 5.02 Å². The second-order valence-corrected chi connectivity index (χ2v) is 12.2. The highest BCUT2D eigenvalue weighted by atomic mass is 35.5. The van der Waals surface area contributed by atoms with Crippen molar-refractivity contribution in [2.45, 2.75) is 67.9 Å². The fraction of sp³-hybridized carbons (Fsp3) is 0.640. The summed E-state index contributed by atoms with van der Waals surface area (Å²) in [5.41, 5.74) is 0.628. The molecule has 4 rings (SSSR count). The normalized spacial score (nSPS) is 31.6. The predicted octanol–water partition coefficient (Wildman–Crippen LogP) is 3.45. The Hall–Kier alpha value is -1.77. The predicted molar refractivity (Wildman–Crippen MR) is 135 cm³/mol. The molecule has 5 atom stereocenters. The Morgan fingerprint density at radius 1 is 1.18 bits per heavy atom. The van der Waals surface area contributed by atoms with E-state index in [0.717, 1.165) is 25.7 Å². The largest absolute Gasteiger partial charge is 0.396 e. The van der Waals surface area contributed by atoms with E-state index in [1.54, 1.807) is 40.9 Å². The van der Waals surface area contributed by atoms with Gasteiger partial charge in [-0.25, -0.2) is 0 Å². The number of carbonyl (C=O) groups excluding carboxylic acids is 3. The monoisotopic (exact) mass is 507 g/mol.